The van der Waals surface area contributed by atoms with Gasteiger partial charge in [-0.2, -0.15) is 0 Å². The normalized spacial score (nSPS) is 18.8. The number of hydrogen-bond donors (Lipinski definition) is 2. The van der Waals surface area contributed by atoms with E-state index >= 15 is 0 Å². The van der Waals surface area contributed by atoms with Crippen molar-refractivity contribution in [2.75, 3.05) is 50.8 Å². The summed E-state index contributed by atoms with van der Waals surface area (Å²) in [5.74, 6) is 0.923. The van der Waals surface area contributed by atoms with Gasteiger partial charge < -0.3 is 20.3 Å². The Labute approximate surface area is 189 Å². The van der Waals surface area contributed by atoms with Crippen LogP contribution < -0.4 is 20.3 Å². The zero-order chi connectivity index (χ0) is 21.6. The average Bonchev–Trinajstić information content (AvgIpc) is 2.79. The van der Waals surface area contributed by atoms with E-state index in [2.05, 4.69) is 45.6 Å². The highest BCUT2D eigenvalue weighted by Crippen LogP contribution is 2.25. The van der Waals surface area contributed by atoms with Crippen molar-refractivity contribution in [2.45, 2.75) is 25.8 Å². The summed E-state index contributed by atoms with van der Waals surface area (Å²) in [6.45, 7) is 8.35. The molecule has 1 fully saturated rings. The van der Waals surface area contributed by atoms with Crippen molar-refractivity contribution in [1.29, 1.82) is 0 Å². The summed E-state index contributed by atoms with van der Waals surface area (Å²) in [5.41, 5.74) is 3.64. The van der Waals surface area contributed by atoms with Crippen LogP contribution in [-0.4, -0.2) is 62.8 Å². The van der Waals surface area contributed by atoms with Gasteiger partial charge in [0.05, 0.1) is 6.04 Å². The van der Waals surface area contributed by atoms with Crippen LogP contribution in [0.4, 0.5) is 10.5 Å². The molecular formula is C24H31ClN4O2. The number of nitrogens with one attached hydrogen (secondary N) is 2. The maximum absolute atomic E-state index is 12.2. The van der Waals surface area contributed by atoms with Crippen LogP contribution in [0.2, 0.25) is 5.02 Å². The number of urea groups is 1. The van der Waals surface area contributed by atoms with Crippen LogP contribution in [0.5, 0.6) is 5.75 Å². The van der Waals surface area contributed by atoms with E-state index in [9.17, 15) is 4.79 Å². The predicted molar refractivity (Wildman–Crippen MR) is 125 cm³/mol. The Morgan fingerprint density at radius 3 is 2.81 bits per heavy atom. The van der Waals surface area contributed by atoms with Crippen molar-refractivity contribution >= 4 is 23.3 Å². The molecule has 1 saturated heterocycles. The first kappa shape index (κ1) is 21.8. The van der Waals surface area contributed by atoms with Crippen molar-refractivity contribution in [3.8, 4) is 5.75 Å². The second-order valence-electron chi connectivity index (χ2n) is 8.33. The monoisotopic (exact) mass is 442 g/mol. The molecule has 2 heterocycles. The van der Waals surface area contributed by atoms with E-state index in [4.69, 9.17) is 16.3 Å². The molecule has 2 aliphatic heterocycles. The van der Waals surface area contributed by atoms with Gasteiger partial charge in [-0.25, -0.2) is 4.79 Å². The summed E-state index contributed by atoms with van der Waals surface area (Å²) in [6.07, 6.45) is 1.74. The number of halogens is 1. The van der Waals surface area contributed by atoms with E-state index in [0.29, 0.717) is 13.2 Å². The van der Waals surface area contributed by atoms with Crippen LogP contribution in [0.25, 0.3) is 0 Å². The van der Waals surface area contributed by atoms with E-state index < -0.39 is 0 Å². The van der Waals surface area contributed by atoms with Gasteiger partial charge >= 0.3 is 6.03 Å². The molecule has 0 radical (unpaired) electrons. The van der Waals surface area contributed by atoms with Gasteiger partial charge in [0.15, 0.2) is 0 Å². The lowest BCUT2D eigenvalue weighted by molar-refractivity contribution is 0.213. The fourth-order valence-corrected chi connectivity index (χ4v) is 4.46. The first-order chi connectivity index (χ1) is 15.1. The molecule has 0 unspecified atom stereocenters. The van der Waals surface area contributed by atoms with Crippen LogP contribution in [-0.2, 0) is 6.42 Å². The van der Waals surface area contributed by atoms with Crippen LogP contribution >= 0.6 is 11.6 Å². The number of anilines is 1. The second-order valence-corrected chi connectivity index (χ2v) is 8.77. The quantitative estimate of drug-likeness (QED) is 0.672. The molecule has 0 saturated carbocycles. The molecular weight excluding hydrogens is 412 g/mol. The number of carbonyl (C=O) groups excluding carboxylic acids is 1. The maximum Gasteiger partial charge on any atom is 0.315 e. The molecule has 6 nitrogen and oxygen atoms in total. The van der Waals surface area contributed by atoms with Crippen molar-refractivity contribution in [3.63, 3.8) is 0 Å². The molecule has 1 atom stereocenters. The molecule has 2 aliphatic rings. The SMILES string of the molecule is Cc1ccc(Cl)cc1N1CCN(CCCNC(=O)N[C@H]2COc3ccccc3C2)CC1. The van der Waals surface area contributed by atoms with Gasteiger partial charge in [-0.05, 0) is 55.6 Å². The van der Waals surface area contributed by atoms with E-state index in [-0.39, 0.29) is 12.1 Å². The number of para-hydroxylation sites is 1. The van der Waals surface area contributed by atoms with E-state index in [1.807, 2.05) is 24.3 Å². The highest BCUT2D eigenvalue weighted by atomic mass is 35.5. The average molecular weight is 443 g/mol. The Kier molecular flexibility index (Phi) is 7.20. The molecule has 2 aromatic rings. The third-order valence-electron chi connectivity index (χ3n) is 6.03. The lowest BCUT2D eigenvalue weighted by atomic mass is 10.0. The number of carbonyl (C=O) groups is 1. The minimum Gasteiger partial charge on any atom is -0.491 e. The number of amides is 2. The van der Waals surface area contributed by atoms with Crippen molar-refractivity contribution in [1.82, 2.24) is 15.5 Å². The van der Waals surface area contributed by atoms with Gasteiger partial charge in [0, 0.05) is 43.4 Å². The summed E-state index contributed by atoms with van der Waals surface area (Å²) in [6, 6.07) is 14.0. The summed E-state index contributed by atoms with van der Waals surface area (Å²) >= 11 is 6.17. The number of piperazine rings is 1. The van der Waals surface area contributed by atoms with Crippen LogP contribution in [0.3, 0.4) is 0 Å². The highest BCUT2D eigenvalue weighted by Gasteiger charge is 2.21. The Balaban J connectivity index is 1.12. The summed E-state index contributed by atoms with van der Waals surface area (Å²) in [5, 5.41) is 6.80. The summed E-state index contributed by atoms with van der Waals surface area (Å²) in [7, 11) is 0. The number of aryl methyl sites for hydroxylation is 1. The first-order valence-electron chi connectivity index (χ1n) is 11.1. The van der Waals surface area contributed by atoms with Gasteiger partial charge in [0.2, 0.25) is 0 Å². The maximum atomic E-state index is 12.2. The Morgan fingerprint density at radius 2 is 1.97 bits per heavy atom. The lowest BCUT2D eigenvalue weighted by Crippen LogP contribution is -2.48. The molecule has 0 aromatic heterocycles. The van der Waals surface area contributed by atoms with Gasteiger partial charge in [0.1, 0.15) is 12.4 Å². The second kappa shape index (κ2) is 10.2. The van der Waals surface area contributed by atoms with Crippen LogP contribution in [0.1, 0.15) is 17.5 Å². The fraction of sp³-hybridized carbons (Fsp3) is 0.458. The Morgan fingerprint density at radius 1 is 1.16 bits per heavy atom. The fourth-order valence-electron chi connectivity index (χ4n) is 4.30. The predicted octanol–water partition coefficient (Wildman–Crippen LogP) is 3.46. The molecule has 31 heavy (non-hydrogen) atoms. The topological polar surface area (TPSA) is 56.8 Å². The Hall–Kier alpha value is -2.44. The minimum absolute atomic E-state index is 0.0120. The highest BCUT2D eigenvalue weighted by molar-refractivity contribution is 6.30. The number of ether oxygens (including phenoxy) is 1. The largest absolute Gasteiger partial charge is 0.491 e. The number of nitrogens with zero attached hydrogens (tertiary/aromatic N) is 2. The number of benzene rings is 2. The molecule has 2 amide bonds. The zero-order valence-electron chi connectivity index (χ0n) is 18.1. The number of fused-ring (bicyclic) bond motifs is 1. The molecule has 0 spiro atoms. The van der Waals surface area contributed by atoms with E-state index in [1.165, 1.54) is 11.3 Å². The molecule has 166 valence electrons. The van der Waals surface area contributed by atoms with Crippen molar-refractivity contribution in [3.05, 3.63) is 58.6 Å². The summed E-state index contributed by atoms with van der Waals surface area (Å²) < 4.78 is 5.74. The van der Waals surface area contributed by atoms with Gasteiger partial charge in [-0.1, -0.05) is 35.9 Å². The van der Waals surface area contributed by atoms with Crippen molar-refractivity contribution in [2.24, 2.45) is 0 Å². The Bertz CT molecular complexity index is 899. The first-order valence-corrected chi connectivity index (χ1v) is 11.4. The molecule has 0 bridgehead atoms. The lowest BCUT2D eigenvalue weighted by Gasteiger charge is -2.37. The molecule has 7 heteroatoms. The standard InChI is InChI=1S/C24H31ClN4O2/c1-18-7-8-20(25)16-22(18)29-13-11-28(12-14-29)10-4-9-26-24(30)27-21-15-19-5-2-3-6-23(19)31-17-21/h2-3,5-8,16,21H,4,9-15,17H2,1H3,(H2,26,27,30)/t21-/m1/s1. The number of hydrogen-bond acceptors (Lipinski definition) is 4. The van der Waals surface area contributed by atoms with Crippen molar-refractivity contribution < 1.29 is 9.53 Å². The van der Waals surface area contributed by atoms with E-state index in [1.54, 1.807) is 0 Å². The van der Waals surface area contributed by atoms with Gasteiger partial charge in [-0.3, -0.25) is 4.90 Å². The molecule has 4 rings (SSSR count). The van der Waals surface area contributed by atoms with Crippen LogP contribution in [0.15, 0.2) is 42.5 Å². The van der Waals surface area contributed by atoms with E-state index in [0.717, 1.165) is 61.9 Å². The number of rotatable bonds is 6. The molecule has 0 aliphatic carbocycles. The third-order valence-corrected chi connectivity index (χ3v) is 6.27. The molecule has 2 N–H and O–H groups in total. The summed E-state index contributed by atoms with van der Waals surface area (Å²) in [4.78, 5) is 17.1. The van der Waals surface area contributed by atoms with Gasteiger partial charge in [0.25, 0.3) is 0 Å². The van der Waals surface area contributed by atoms with Gasteiger partial charge in [-0.15, -0.1) is 0 Å². The van der Waals surface area contributed by atoms with Crippen LogP contribution in [0, 0.1) is 6.92 Å². The molecule has 2 aromatic carbocycles. The third kappa shape index (κ3) is 5.83. The smallest absolute Gasteiger partial charge is 0.315 e. The minimum atomic E-state index is -0.116. The zero-order valence-corrected chi connectivity index (χ0v) is 18.8.